The van der Waals surface area contributed by atoms with E-state index in [1.54, 1.807) is 30.3 Å². The molecule has 0 bridgehead atoms. The fraction of sp³-hybridized carbons (Fsp3) is 0.120. The van der Waals surface area contributed by atoms with Crippen LogP contribution in [0.2, 0.25) is 0 Å². The topological polar surface area (TPSA) is 81.2 Å². The Morgan fingerprint density at radius 1 is 0.914 bits per heavy atom. The number of ether oxygens (including phenoxy) is 1. The third-order valence-electron chi connectivity index (χ3n) is 4.84. The van der Waals surface area contributed by atoms with Gasteiger partial charge in [0.25, 0.3) is 0 Å². The Morgan fingerprint density at radius 3 is 2.43 bits per heavy atom. The number of halogens is 3. The third kappa shape index (κ3) is 6.57. The van der Waals surface area contributed by atoms with Crippen LogP contribution in [0, 0.1) is 17.5 Å². The molecule has 4 aromatic rings. The van der Waals surface area contributed by atoms with Gasteiger partial charge in [-0.15, -0.1) is 0 Å². The quantitative estimate of drug-likeness (QED) is 0.348. The van der Waals surface area contributed by atoms with Crippen molar-refractivity contribution < 1.29 is 26.3 Å². The molecule has 4 rings (SSSR count). The summed E-state index contributed by atoms with van der Waals surface area (Å²) in [7, 11) is -3.23. The second-order valence-corrected chi connectivity index (χ2v) is 9.98. The number of aromatic nitrogens is 2. The summed E-state index contributed by atoms with van der Waals surface area (Å²) in [5.74, 6) is -1.88. The van der Waals surface area contributed by atoms with E-state index in [1.165, 1.54) is 24.3 Å². The average Bonchev–Trinajstić information content (AvgIpc) is 2.78. The zero-order valence-electron chi connectivity index (χ0n) is 18.5. The lowest BCUT2D eigenvalue weighted by atomic mass is 10.1. The van der Waals surface area contributed by atoms with Crippen LogP contribution in [0.4, 0.5) is 24.8 Å². The van der Waals surface area contributed by atoms with Gasteiger partial charge in [0.1, 0.15) is 29.7 Å². The number of sulfone groups is 1. The number of rotatable bonds is 8. The predicted octanol–water partition coefficient (Wildman–Crippen LogP) is 5.43. The number of hydrogen-bond donors (Lipinski definition) is 1. The first-order chi connectivity index (χ1) is 16.7. The summed E-state index contributed by atoms with van der Waals surface area (Å²) in [5, 5.41) is 2.92. The van der Waals surface area contributed by atoms with Crippen LogP contribution >= 0.6 is 0 Å². The lowest BCUT2D eigenvalue weighted by molar-refractivity contribution is 0.305. The molecule has 0 saturated carbocycles. The van der Waals surface area contributed by atoms with Gasteiger partial charge in [-0.2, -0.15) is 0 Å². The molecule has 0 spiro atoms. The maximum absolute atomic E-state index is 14.7. The Morgan fingerprint density at radius 2 is 1.66 bits per heavy atom. The number of anilines is 2. The minimum atomic E-state index is -3.23. The van der Waals surface area contributed by atoms with E-state index >= 15 is 0 Å². The molecule has 180 valence electrons. The fourth-order valence-corrected chi connectivity index (χ4v) is 4.17. The predicted molar refractivity (Wildman–Crippen MR) is 126 cm³/mol. The first kappa shape index (κ1) is 24.2. The second-order valence-electron chi connectivity index (χ2n) is 7.84. The van der Waals surface area contributed by atoms with Crippen molar-refractivity contribution in [3.63, 3.8) is 0 Å². The molecule has 1 heterocycles. The largest absolute Gasteiger partial charge is 0.488 e. The maximum atomic E-state index is 14.7. The van der Waals surface area contributed by atoms with Gasteiger partial charge in [0.2, 0.25) is 5.95 Å². The molecule has 0 fully saturated rings. The molecular weight excluding hydrogens is 479 g/mol. The number of nitrogens with zero attached hydrogens (tertiary/aromatic N) is 2. The molecule has 0 aliphatic carbocycles. The normalized spacial score (nSPS) is 11.3. The molecule has 0 radical (unpaired) electrons. The van der Waals surface area contributed by atoms with Crippen LogP contribution in [0.15, 0.2) is 72.9 Å². The van der Waals surface area contributed by atoms with Crippen molar-refractivity contribution in [1.29, 1.82) is 0 Å². The molecule has 0 aliphatic rings. The average molecular weight is 500 g/mol. The summed E-state index contributed by atoms with van der Waals surface area (Å²) in [4.78, 5) is 8.17. The lowest BCUT2D eigenvalue weighted by Crippen LogP contribution is -2.04. The van der Waals surface area contributed by atoms with Crippen LogP contribution in [-0.2, 0) is 22.2 Å². The van der Waals surface area contributed by atoms with E-state index in [0.29, 0.717) is 16.8 Å². The second kappa shape index (κ2) is 10.1. The molecule has 35 heavy (non-hydrogen) atoms. The van der Waals surface area contributed by atoms with Crippen molar-refractivity contribution in [3.8, 4) is 17.0 Å². The highest BCUT2D eigenvalue weighted by molar-refractivity contribution is 7.89. The summed E-state index contributed by atoms with van der Waals surface area (Å²) < 4.78 is 71.0. The van der Waals surface area contributed by atoms with Gasteiger partial charge < -0.3 is 10.1 Å². The van der Waals surface area contributed by atoms with Crippen LogP contribution < -0.4 is 10.1 Å². The van der Waals surface area contributed by atoms with Crippen molar-refractivity contribution >= 4 is 21.5 Å². The SMILES string of the molecule is CS(=O)(=O)Cc1cccc(Nc2ncc(F)c(-c3ccc(F)cc3OCc3cccc(F)c3)n2)c1. The van der Waals surface area contributed by atoms with E-state index in [2.05, 4.69) is 15.3 Å². The van der Waals surface area contributed by atoms with Gasteiger partial charge in [0.15, 0.2) is 15.7 Å². The molecule has 0 atom stereocenters. The molecule has 1 aromatic heterocycles. The third-order valence-corrected chi connectivity index (χ3v) is 5.70. The molecule has 10 heteroatoms. The fourth-order valence-electron chi connectivity index (χ4n) is 3.39. The Hall–Kier alpha value is -3.92. The van der Waals surface area contributed by atoms with Crippen molar-refractivity contribution in [1.82, 2.24) is 9.97 Å². The van der Waals surface area contributed by atoms with Gasteiger partial charge in [-0.25, -0.2) is 31.6 Å². The summed E-state index contributed by atoms with van der Waals surface area (Å²) in [5.41, 5.74) is 1.62. The zero-order chi connectivity index (χ0) is 25.0. The van der Waals surface area contributed by atoms with Crippen molar-refractivity contribution in [2.75, 3.05) is 11.6 Å². The number of nitrogens with one attached hydrogen (secondary N) is 1. The highest BCUT2D eigenvalue weighted by atomic mass is 32.2. The summed E-state index contributed by atoms with van der Waals surface area (Å²) in [6.45, 7) is -0.0703. The minimum absolute atomic E-state index is 0.0213. The van der Waals surface area contributed by atoms with Gasteiger partial charge in [-0.3, -0.25) is 0 Å². The first-order valence-corrected chi connectivity index (χ1v) is 12.5. The lowest BCUT2D eigenvalue weighted by Gasteiger charge is -2.13. The van der Waals surface area contributed by atoms with Crippen molar-refractivity contribution in [2.45, 2.75) is 12.4 Å². The van der Waals surface area contributed by atoms with Gasteiger partial charge in [-0.05, 0) is 47.5 Å². The summed E-state index contributed by atoms with van der Waals surface area (Å²) in [6, 6.07) is 16.0. The highest BCUT2D eigenvalue weighted by Crippen LogP contribution is 2.32. The van der Waals surface area contributed by atoms with Crippen LogP contribution in [0.1, 0.15) is 11.1 Å². The van der Waals surface area contributed by atoms with E-state index in [4.69, 9.17) is 4.74 Å². The zero-order valence-corrected chi connectivity index (χ0v) is 19.3. The van der Waals surface area contributed by atoms with E-state index in [-0.39, 0.29) is 35.3 Å². The molecule has 0 saturated heterocycles. The van der Waals surface area contributed by atoms with E-state index < -0.39 is 27.3 Å². The summed E-state index contributed by atoms with van der Waals surface area (Å²) >= 11 is 0. The van der Waals surface area contributed by atoms with Crippen LogP contribution in [0.5, 0.6) is 5.75 Å². The molecule has 0 unspecified atom stereocenters. The van der Waals surface area contributed by atoms with Crippen molar-refractivity contribution in [2.24, 2.45) is 0 Å². The van der Waals surface area contributed by atoms with Crippen LogP contribution in [0.3, 0.4) is 0 Å². The standard InChI is InChI=1S/C25H20F3N3O3S/c1-35(32,33)15-17-5-3-7-20(11-17)30-25-29-13-22(28)24(31-25)21-9-8-19(27)12-23(21)34-14-16-4-2-6-18(26)10-16/h2-13H,14-15H2,1H3,(H,29,30,31). The molecule has 1 N–H and O–H groups in total. The molecule has 0 aliphatic heterocycles. The molecular formula is C25H20F3N3O3S. The van der Waals surface area contributed by atoms with E-state index in [1.807, 2.05) is 0 Å². The van der Waals surface area contributed by atoms with Gasteiger partial charge in [0, 0.05) is 23.6 Å². The highest BCUT2D eigenvalue weighted by Gasteiger charge is 2.16. The Bertz CT molecular complexity index is 1480. The Balaban J connectivity index is 1.62. The van der Waals surface area contributed by atoms with Crippen molar-refractivity contribution in [3.05, 3.63) is 102 Å². The smallest absolute Gasteiger partial charge is 0.227 e. The van der Waals surface area contributed by atoms with E-state index in [0.717, 1.165) is 24.6 Å². The summed E-state index contributed by atoms with van der Waals surface area (Å²) in [6.07, 6.45) is 2.10. The van der Waals surface area contributed by atoms with Gasteiger partial charge >= 0.3 is 0 Å². The molecule has 0 amide bonds. The minimum Gasteiger partial charge on any atom is -0.488 e. The molecule has 3 aromatic carbocycles. The number of benzene rings is 3. The van der Waals surface area contributed by atoms with Crippen LogP contribution in [-0.4, -0.2) is 24.6 Å². The molecule has 6 nitrogen and oxygen atoms in total. The Labute approximate surface area is 200 Å². The Kier molecular flexibility index (Phi) is 7.02. The van der Waals surface area contributed by atoms with Gasteiger partial charge in [0.05, 0.1) is 11.9 Å². The maximum Gasteiger partial charge on any atom is 0.227 e. The van der Waals surface area contributed by atoms with Gasteiger partial charge in [-0.1, -0.05) is 24.3 Å². The number of hydrogen-bond acceptors (Lipinski definition) is 6. The van der Waals surface area contributed by atoms with Crippen LogP contribution in [0.25, 0.3) is 11.3 Å². The van der Waals surface area contributed by atoms with E-state index in [9.17, 15) is 21.6 Å². The monoisotopic (exact) mass is 499 g/mol. The first-order valence-electron chi connectivity index (χ1n) is 10.4.